The standard InChI is InChI=1S/C40H48N8O4/c1-26-33(47-20-17-38(49)44-40(47)51)12-10-14-36(26)52-21-9-7-5-4-6-8-19-48-35-23-28(15-16-30(35)27(2)45-48)39(50)43-37-24-31-29(25-41-37)22-32(42-31)34-13-11-18-46(34)3/h10,12,14-16,22-25,34,42H,4-9,11,13,17-21H2,1-3H3,(H,41,43,50)(H,44,49,51). The van der Waals surface area contributed by atoms with Crippen molar-refractivity contribution in [2.75, 3.05) is 37.0 Å². The van der Waals surface area contributed by atoms with Crippen LogP contribution in [0.4, 0.5) is 16.3 Å². The van der Waals surface area contributed by atoms with E-state index in [0.717, 1.165) is 103 Å². The van der Waals surface area contributed by atoms with E-state index in [1.807, 2.05) is 67.2 Å². The number of benzene rings is 2. The van der Waals surface area contributed by atoms with Crippen LogP contribution in [0.3, 0.4) is 0 Å². The molecule has 2 aliphatic heterocycles. The normalized spacial score (nSPS) is 16.6. The molecule has 3 N–H and O–H groups in total. The zero-order valence-corrected chi connectivity index (χ0v) is 30.3. The number of nitrogens with zero attached hydrogens (tertiary/aromatic N) is 5. The van der Waals surface area contributed by atoms with E-state index in [1.165, 1.54) is 12.1 Å². The monoisotopic (exact) mass is 704 g/mol. The summed E-state index contributed by atoms with van der Waals surface area (Å²) in [5.74, 6) is 0.850. The van der Waals surface area contributed by atoms with E-state index in [4.69, 9.17) is 9.84 Å². The number of carbonyl (C=O) groups is 3. The van der Waals surface area contributed by atoms with Crippen LogP contribution in [-0.4, -0.2) is 69.2 Å². The van der Waals surface area contributed by atoms with Gasteiger partial charge in [-0.1, -0.05) is 37.8 Å². The molecule has 2 aromatic carbocycles. The Hall–Kier alpha value is -5.23. The maximum atomic E-state index is 13.3. The Balaban J connectivity index is 0.861. The minimum absolute atomic E-state index is 0.194. The molecule has 3 aromatic heterocycles. The molecule has 1 atom stereocenters. The molecule has 0 saturated carbocycles. The van der Waals surface area contributed by atoms with E-state index in [-0.39, 0.29) is 17.8 Å². The molecule has 0 spiro atoms. The molecule has 52 heavy (non-hydrogen) atoms. The molecule has 2 saturated heterocycles. The number of aromatic amines is 1. The summed E-state index contributed by atoms with van der Waals surface area (Å²) in [4.78, 5) is 49.2. The summed E-state index contributed by atoms with van der Waals surface area (Å²) in [5, 5.41) is 12.3. The number of rotatable bonds is 14. The van der Waals surface area contributed by atoms with Crippen molar-refractivity contribution in [2.24, 2.45) is 0 Å². The Bertz CT molecular complexity index is 2100. The molecular formula is C40H48N8O4. The molecule has 12 heteroatoms. The van der Waals surface area contributed by atoms with Crippen LogP contribution < -0.4 is 20.3 Å². The highest BCUT2D eigenvalue weighted by atomic mass is 16.5. The van der Waals surface area contributed by atoms with Gasteiger partial charge in [0, 0.05) is 65.4 Å². The van der Waals surface area contributed by atoms with Crippen LogP contribution in [0.25, 0.3) is 21.8 Å². The van der Waals surface area contributed by atoms with E-state index in [1.54, 1.807) is 4.90 Å². The number of nitrogens with one attached hydrogen (secondary N) is 3. The molecular weight excluding hydrogens is 656 g/mol. The van der Waals surface area contributed by atoms with Crippen molar-refractivity contribution in [1.29, 1.82) is 0 Å². The number of anilines is 2. The number of H-pyrrole nitrogens is 1. The number of amides is 4. The second-order valence-corrected chi connectivity index (χ2v) is 14.1. The number of pyridine rings is 1. The first kappa shape index (κ1) is 35.2. The van der Waals surface area contributed by atoms with Crippen LogP contribution in [0.5, 0.6) is 5.75 Å². The first-order valence-electron chi connectivity index (χ1n) is 18.6. The molecule has 0 bridgehead atoms. The Morgan fingerprint density at radius 3 is 2.63 bits per heavy atom. The van der Waals surface area contributed by atoms with Gasteiger partial charge in [-0.25, -0.2) is 9.78 Å². The number of hydrogen-bond acceptors (Lipinski definition) is 7. The Morgan fingerprint density at radius 2 is 1.83 bits per heavy atom. The van der Waals surface area contributed by atoms with Gasteiger partial charge in [0.25, 0.3) is 5.91 Å². The van der Waals surface area contributed by atoms with Crippen LogP contribution in [0.2, 0.25) is 0 Å². The molecule has 5 aromatic rings. The summed E-state index contributed by atoms with van der Waals surface area (Å²) in [6.07, 6.45) is 10.8. The third-order valence-electron chi connectivity index (χ3n) is 10.5. The highest BCUT2D eigenvalue weighted by molar-refractivity contribution is 6.07. The quantitative estimate of drug-likeness (QED) is 0.102. The predicted octanol–water partition coefficient (Wildman–Crippen LogP) is 7.41. The van der Waals surface area contributed by atoms with Crippen molar-refractivity contribution in [2.45, 2.75) is 84.2 Å². The van der Waals surface area contributed by atoms with Crippen molar-refractivity contribution in [3.8, 4) is 5.75 Å². The van der Waals surface area contributed by atoms with E-state index in [0.29, 0.717) is 37.0 Å². The minimum atomic E-state index is -0.388. The first-order valence-corrected chi connectivity index (χ1v) is 18.6. The number of aryl methyl sites for hydroxylation is 2. The van der Waals surface area contributed by atoms with Crippen LogP contribution in [-0.2, 0) is 11.3 Å². The third-order valence-corrected chi connectivity index (χ3v) is 10.5. The predicted molar refractivity (Wildman–Crippen MR) is 203 cm³/mol. The summed E-state index contributed by atoms with van der Waals surface area (Å²) >= 11 is 0. The van der Waals surface area contributed by atoms with E-state index >= 15 is 0 Å². The summed E-state index contributed by atoms with van der Waals surface area (Å²) in [6, 6.07) is 15.6. The molecule has 7 rings (SSSR count). The van der Waals surface area contributed by atoms with Gasteiger partial charge in [-0.05, 0) is 83.5 Å². The fourth-order valence-corrected chi connectivity index (χ4v) is 7.54. The number of urea groups is 1. The summed E-state index contributed by atoms with van der Waals surface area (Å²) < 4.78 is 8.11. The lowest BCUT2D eigenvalue weighted by molar-refractivity contribution is -0.120. The molecule has 5 heterocycles. The zero-order valence-electron chi connectivity index (χ0n) is 30.3. The van der Waals surface area contributed by atoms with E-state index < -0.39 is 0 Å². The lowest BCUT2D eigenvalue weighted by atomic mass is 10.1. The average molecular weight is 705 g/mol. The highest BCUT2D eigenvalue weighted by Crippen LogP contribution is 2.33. The van der Waals surface area contributed by atoms with Crippen LogP contribution in [0.1, 0.15) is 91.1 Å². The van der Waals surface area contributed by atoms with Crippen molar-refractivity contribution in [1.82, 2.24) is 30.0 Å². The Morgan fingerprint density at radius 1 is 1.00 bits per heavy atom. The number of likely N-dealkylation sites (tertiary alicyclic amines) is 1. The van der Waals surface area contributed by atoms with Crippen molar-refractivity contribution in [3.63, 3.8) is 0 Å². The van der Waals surface area contributed by atoms with Gasteiger partial charge in [-0.15, -0.1) is 0 Å². The number of ether oxygens (including phenoxy) is 1. The Kier molecular flexibility index (Phi) is 10.5. The molecule has 4 amide bonds. The maximum absolute atomic E-state index is 13.3. The van der Waals surface area contributed by atoms with Gasteiger partial charge in [-0.2, -0.15) is 5.10 Å². The molecule has 12 nitrogen and oxygen atoms in total. The second-order valence-electron chi connectivity index (χ2n) is 14.1. The molecule has 272 valence electrons. The zero-order chi connectivity index (χ0) is 36.2. The van der Waals surface area contributed by atoms with E-state index in [2.05, 4.69) is 38.6 Å². The van der Waals surface area contributed by atoms with E-state index in [9.17, 15) is 14.4 Å². The lowest BCUT2D eigenvalue weighted by Crippen LogP contribution is -2.49. The topological polar surface area (TPSA) is 137 Å². The van der Waals surface area contributed by atoms with Crippen molar-refractivity contribution >= 4 is 51.2 Å². The van der Waals surface area contributed by atoms with Gasteiger partial charge >= 0.3 is 6.03 Å². The smallest absolute Gasteiger partial charge is 0.328 e. The SMILES string of the molecule is Cc1c(OCCCCCCCCn2nc(C)c3ccc(C(=O)Nc4cc5[nH]c(C6CCCN6C)cc5cn4)cc32)cccc1N1CCC(=O)NC1=O. The minimum Gasteiger partial charge on any atom is -0.493 e. The highest BCUT2D eigenvalue weighted by Gasteiger charge is 2.26. The fraction of sp³-hybridized carbons (Fsp3) is 0.425. The third kappa shape index (κ3) is 7.67. The number of unbranched alkanes of at least 4 members (excludes halogenated alkanes) is 5. The number of fused-ring (bicyclic) bond motifs is 2. The maximum Gasteiger partial charge on any atom is 0.328 e. The molecule has 1 unspecified atom stereocenters. The van der Waals surface area contributed by atoms with Gasteiger partial charge in [0.05, 0.1) is 29.0 Å². The first-order chi connectivity index (χ1) is 25.2. The van der Waals surface area contributed by atoms with Gasteiger partial charge in [-0.3, -0.25) is 29.4 Å². The molecule has 0 radical (unpaired) electrons. The summed E-state index contributed by atoms with van der Waals surface area (Å²) in [7, 11) is 2.16. The van der Waals surface area contributed by atoms with Crippen LogP contribution >= 0.6 is 0 Å². The summed E-state index contributed by atoms with van der Waals surface area (Å²) in [5.41, 5.74) is 6.34. The molecule has 2 aliphatic rings. The number of aromatic nitrogens is 4. The Labute approximate surface area is 303 Å². The largest absolute Gasteiger partial charge is 0.493 e. The van der Waals surface area contributed by atoms with Crippen LogP contribution in [0.15, 0.2) is 54.7 Å². The van der Waals surface area contributed by atoms with Gasteiger partial charge in [0.2, 0.25) is 5.91 Å². The average Bonchev–Trinajstić information content (AvgIpc) is 3.84. The van der Waals surface area contributed by atoms with Gasteiger partial charge < -0.3 is 15.0 Å². The van der Waals surface area contributed by atoms with Crippen molar-refractivity contribution < 1.29 is 19.1 Å². The molecule has 2 fully saturated rings. The second kappa shape index (κ2) is 15.6. The van der Waals surface area contributed by atoms with Crippen molar-refractivity contribution in [3.05, 3.63) is 77.2 Å². The summed E-state index contributed by atoms with van der Waals surface area (Å²) in [6.45, 7) is 6.83. The number of hydrogen-bond donors (Lipinski definition) is 3. The fourth-order valence-electron chi connectivity index (χ4n) is 7.54. The number of carbonyl (C=O) groups excluding carboxylic acids is 3. The van der Waals surface area contributed by atoms with Gasteiger partial charge in [0.15, 0.2) is 0 Å². The molecule has 0 aliphatic carbocycles. The number of imide groups is 1. The lowest BCUT2D eigenvalue weighted by Gasteiger charge is -2.28. The van der Waals surface area contributed by atoms with Gasteiger partial charge in [0.1, 0.15) is 11.6 Å². The van der Waals surface area contributed by atoms with Crippen LogP contribution in [0, 0.1) is 13.8 Å².